The maximum atomic E-state index is 13.9. The average Bonchev–Trinajstić information content (AvgIpc) is 3.06. The van der Waals surface area contributed by atoms with Gasteiger partial charge < -0.3 is 0 Å². The van der Waals surface area contributed by atoms with Crippen LogP contribution in [-0.4, -0.2) is 23.0 Å². The van der Waals surface area contributed by atoms with E-state index in [2.05, 4.69) is 10.2 Å². The maximum Gasteiger partial charge on any atom is 0.180 e. The first-order chi connectivity index (χ1) is 14.6. The molecule has 1 aliphatic rings. The third kappa shape index (κ3) is 3.64. The van der Waals surface area contributed by atoms with Crippen molar-refractivity contribution in [2.24, 2.45) is 16.1 Å². The number of rotatable bonds is 5. The summed E-state index contributed by atoms with van der Waals surface area (Å²) in [4.78, 5) is 27.2. The van der Waals surface area contributed by atoms with Crippen molar-refractivity contribution in [2.75, 3.05) is 0 Å². The molecular weight excluding hydrogens is 372 g/mol. The standard InChI is InChI=1S/C26H22N2O2/c1-17(2)27-28-24-20-15-9-10-16-21(20)25(29)23(24)26(30)22(18-11-5-3-6-12-18)19-13-7-4-8-14-19/h3-16,22-23H,1-2H3/b28-24-/t23-/m0/s1. The van der Waals surface area contributed by atoms with Crippen LogP contribution >= 0.6 is 0 Å². The fourth-order valence-corrected chi connectivity index (χ4v) is 3.86. The number of hydrogen-bond donors (Lipinski definition) is 0. The topological polar surface area (TPSA) is 58.9 Å². The van der Waals surface area contributed by atoms with Crippen LogP contribution in [0.5, 0.6) is 0 Å². The molecule has 1 atom stereocenters. The summed E-state index contributed by atoms with van der Waals surface area (Å²) in [5.41, 5.74) is 4.11. The van der Waals surface area contributed by atoms with E-state index in [1.807, 2.05) is 86.6 Å². The summed E-state index contributed by atoms with van der Waals surface area (Å²) in [5, 5.41) is 8.53. The Morgan fingerprint density at radius 1 is 0.767 bits per heavy atom. The van der Waals surface area contributed by atoms with Gasteiger partial charge in [-0.05, 0) is 25.0 Å². The van der Waals surface area contributed by atoms with E-state index in [9.17, 15) is 9.59 Å². The van der Waals surface area contributed by atoms with E-state index in [0.29, 0.717) is 16.8 Å². The lowest BCUT2D eigenvalue weighted by atomic mass is 9.80. The minimum atomic E-state index is -0.976. The van der Waals surface area contributed by atoms with E-state index < -0.39 is 11.8 Å². The summed E-state index contributed by atoms with van der Waals surface area (Å²) in [5.74, 6) is -1.94. The lowest BCUT2D eigenvalue weighted by Crippen LogP contribution is -2.31. The van der Waals surface area contributed by atoms with Crippen molar-refractivity contribution in [1.82, 2.24) is 0 Å². The predicted molar refractivity (Wildman–Crippen MR) is 119 cm³/mol. The highest BCUT2D eigenvalue weighted by atomic mass is 16.2. The van der Waals surface area contributed by atoms with Crippen molar-refractivity contribution in [3.05, 3.63) is 107 Å². The van der Waals surface area contributed by atoms with Crippen LogP contribution in [0.25, 0.3) is 0 Å². The number of benzene rings is 3. The van der Waals surface area contributed by atoms with Crippen LogP contribution in [0, 0.1) is 5.92 Å². The first-order valence-corrected chi connectivity index (χ1v) is 9.94. The van der Waals surface area contributed by atoms with E-state index in [1.165, 1.54) is 0 Å². The first kappa shape index (κ1) is 19.6. The fraction of sp³-hybridized carbons (Fsp3) is 0.154. The predicted octanol–water partition coefficient (Wildman–Crippen LogP) is 5.09. The number of carbonyl (C=O) groups excluding carboxylic acids is 2. The summed E-state index contributed by atoms with van der Waals surface area (Å²) in [6, 6.07) is 26.4. The Morgan fingerprint density at radius 3 is 1.80 bits per heavy atom. The highest BCUT2D eigenvalue weighted by Crippen LogP contribution is 2.35. The van der Waals surface area contributed by atoms with Crippen LogP contribution in [-0.2, 0) is 4.79 Å². The minimum absolute atomic E-state index is 0.184. The van der Waals surface area contributed by atoms with Crippen LogP contribution in [0.15, 0.2) is 95.1 Å². The van der Waals surface area contributed by atoms with Crippen molar-refractivity contribution in [3.8, 4) is 0 Å². The molecule has 4 heteroatoms. The van der Waals surface area contributed by atoms with Gasteiger partial charge in [0, 0.05) is 16.8 Å². The van der Waals surface area contributed by atoms with Gasteiger partial charge in [-0.15, -0.1) is 0 Å². The van der Waals surface area contributed by atoms with Crippen molar-refractivity contribution < 1.29 is 9.59 Å². The number of ketones is 2. The molecule has 0 unspecified atom stereocenters. The van der Waals surface area contributed by atoms with E-state index in [-0.39, 0.29) is 11.6 Å². The van der Waals surface area contributed by atoms with Gasteiger partial charge in [-0.3, -0.25) is 9.59 Å². The first-order valence-electron chi connectivity index (χ1n) is 9.94. The summed E-state index contributed by atoms with van der Waals surface area (Å²) in [6.07, 6.45) is 0. The van der Waals surface area contributed by atoms with Crippen LogP contribution in [0.2, 0.25) is 0 Å². The summed E-state index contributed by atoms with van der Waals surface area (Å²) < 4.78 is 0. The van der Waals surface area contributed by atoms with Gasteiger partial charge in [0.2, 0.25) is 0 Å². The Labute approximate surface area is 176 Å². The van der Waals surface area contributed by atoms with Gasteiger partial charge in [-0.25, -0.2) is 0 Å². The van der Waals surface area contributed by atoms with Crippen molar-refractivity contribution >= 4 is 23.0 Å². The van der Waals surface area contributed by atoms with Crippen LogP contribution in [0.3, 0.4) is 0 Å². The Hall–Kier alpha value is -3.66. The Bertz CT molecular complexity index is 1100. The number of hydrogen-bond acceptors (Lipinski definition) is 4. The van der Waals surface area contributed by atoms with E-state index in [1.54, 1.807) is 12.1 Å². The molecular formula is C26H22N2O2. The highest BCUT2D eigenvalue weighted by Gasteiger charge is 2.44. The molecule has 4 rings (SSSR count). The second-order valence-corrected chi connectivity index (χ2v) is 7.53. The highest BCUT2D eigenvalue weighted by molar-refractivity contribution is 6.38. The number of nitrogens with zero attached hydrogens (tertiary/aromatic N) is 2. The zero-order chi connectivity index (χ0) is 21.1. The molecule has 0 heterocycles. The third-order valence-corrected chi connectivity index (χ3v) is 5.20. The molecule has 148 valence electrons. The molecule has 4 nitrogen and oxygen atoms in total. The lowest BCUT2D eigenvalue weighted by Gasteiger charge is -2.20. The van der Waals surface area contributed by atoms with Gasteiger partial charge in [0.1, 0.15) is 5.92 Å². The quantitative estimate of drug-likeness (QED) is 0.344. The van der Waals surface area contributed by atoms with Gasteiger partial charge >= 0.3 is 0 Å². The molecule has 0 amide bonds. The molecule has 0 N–H and O–H groups in total. The molecule has 0 aliphatic heterocycles. The van der Waals surface area contributed by atoms with Crippen molar-refractivity contribution in [1.29, 1.82) is 0 Å². The zero-order valence-corrected chi connectivity index (χ0v) is 16.9. The Balaban J connectivity index is 1.86. The second kappa shape index (κ2) is 8.37. The smallest absolute Gasteiger partial charge is 0.180 e. The molecule has 0 radical (unpaired) electrons. The molecule has 0 spiro atoms. The lowest BCUT2D eigenvalue weighted by molar-refractivity contribution is -0.120. The Kier molecular flexibility index (Phi) is 5.48. The summed E-state index contributed by atoms with van der Waals surface area (Å²) in [6.45, 7) is 3.67. The van der Waals surface area contributed by atoms with Crippen LogP contribution < -0.4 is 0 Å². The molecule has 0 saturated heterocycles. The molecule has 30 heavy (non-hydrogen) atoms. The molecule has 0 saturated carbocycles. The molecule has 3 aromatic carbocycles. The molecule has 1 aliphatic carbocycles. The van der Waals surface area contributed by atoms with Crippen LogP contribution in [0.4, 0.5) is 0 Å². The Morgan fingerprint density at radius 2 is 1.27 bits per heavy atom. The monoisotopic (exact) mass is 394 g/mol. The van der Waals surface area contributed by atoms with Crippen molar-refractivity contribution in [3.63, 3.8) is 0 Å². The molecule has 3 aromatic rings. The maximum absolute atomic E-state index is 13.9. The van der Waals surface area contributed by atoms with Gasteiger partial charge in [-0.2, -0.15) is 10.2 Å². The average molecular weight is 394 g/mol. The fourth-order valence-electron chi connectivity index (χ4n) is 3.86. The van der Waals surface area contributed by atoms with Gasteiger partial charge in [0.05, 0.1) is 11.6 Å². The molecule has 0 aromatic heterocycles. The second-order valence-electron chi connectivity index (χ2n) is 7.53. The van der Waals surface area contributed by atoms with Gasteiger partial charge in [-0.1, -0.05) is 84.9 Å². The third-order valence-electron chi connectivity index (χ3n) is 5.20. The SMILES string of the molecule is CC(C)=N/N=C1/c2ccccc2C(=O)[C@H]1C(=O)C(c1ccccc1)c1ccccc1. The van der Waals surface area contributed by atoms with E-state index >= 15 is 0 Å². The number of fused-ring (bicyclic) bond motifs is 1. The molecule has 0 fully saturated rings. The molecule has 0 bridgehead atoms. The van der Waals surface area contributed by atoms with Gasteiger partial charge in [0.15, 0.2) is 11.6 Å². The summed E-state index contributed by atoms with van der Waals surface area (Å²) in [7, 11) is 0. The van der Waals surface area contributed by atoms with Gasteiger partial charge in [0.25, 0.3) is 0 Å². The van der Waals surface area contributed by atoms with E-state index in [4.69, 9.17) is 0 Å². The normalized spacial score (nSPS) is 16.6. The van der Waals surface area contributed by atoms with Crippen LogP contribution in [0.1, 0.15) is 46.8 Å². The summed E-state index contributed by atoms with van der Waals surface area (Å²) >= 11 is 0. The minimum Gasteiger partial charge on any atom is -0.297 e. The number of carbonyl (C=O) groups is 2. The van der Waals surface area contributed by atoms with E-state index in [0.717, 1.165) is 16.8 Å². The number of Topliss-reactive ketones (excluding diaryl/α,β-unsaturated/α-hetero) is 2. The zero-order valence-electron chi connectivity index (χ0n) is 16.9. The largest absolute Gasteiger partial charge is 0.297 e. The van der Waals surface area contributed by atoms with Crippen molar-refractivity contribution in [2.45, 2.75) is 19.8 Å².